The van der Waals surface area contributed by atoms with Gasteiger partial charge in [0.1, 0.15) is 47.2 Å². The number of esters is 2. The lowest BCUT2D eigenvalue weighted by atomic mass is 9.98. The van der Waals surface area contributed by atoms with Gasteiger partial charge >= 0.3 is 17.9 Å². The van der Waals surface area contributed by atoms with E-state index in [2.05, 4.69) is 15.6 Å². The molecule has 1 aromatic heterocycles. The number of phenols is 1. The molecule has 3 aromatic carbocycles. The topological polar surface area (TPSA) is 260 Å². The zero-order valence-corrected chi connectivity index (χ0v) is 40.1. The Hall–Kier alpha value is -6.30. The molecule has 67 heavy (non-hydrogen) atoms. The molecule has 0 saturated heterocycles. The molecule has 0 radical (unpaired) electrons. The van der Waals surface area contributed by atoms with Crippen LogP contribution in [0, 0.1) is 5.92 Å². The minimum atomic E-state index is -1.48. The molecule has 0 bridgehead atoms. The number of hydrazine groups is 1. The zero-order chi connectivity index (χ0) is 49.8. The van der Waals surface area contributed by atoms with Crippen LogP contribution in [0.5, 0.6) is 5.75 Å². The normalized spacial score (nSPS) is 14.6. The quantitative estimate of drug-likeness (QED) is 0.0423. The molecular weight excluding hydrogens is 859 g/mol. The van der Waals surface area contributed by atoms with Gasteiger partial charge in [0.15, 0.2) is 0 Å². The van der Waals surface area contributed by atoms with Crippen molar-refractivity contribution in [1.82, 2.24) is 25.6 Å². The Morgan fingerprint density at radius 2 is 1.27 bits per heavy atom. The van der Waals surface area contributed by atoms with Crippen molar-refractivity contribution in [3.05, 3.63) is 102 Å². The lowest BCUT2D eigenvalue weighted by Crippen LogP contribution is -2.65. The highest BCUT2D eigenvalue weighted by atomic mass is 16.6. The lowest BCUT2D eigenvalue weighted by molar-refractivity contribution is -0.188. The van der Waals surface area contributed by atoms with E-state index < -0.39 is 89.0 Å². The van der Waals surface area contributed by atoms with Crippen molar-refractivity contribution < 1.29 is 48.5 Å². The van der Waals surface area contributed by atoms with Crippen molar-refractivity contribution in [3.63, 3.8) is 0 Å². The van der Waals surface area contributed by atoms with E-state index in [1.165, 1.54) is 24.2 Å². The number of hydrogen-bond acceptors (Lipinski definition) is 12. The third kappa shape index (κ3) is 15.9. The van der Waals surface area contributed by atoms with Crippen LogP contribution in [0.2, 0.25) is 0 Å². The van der Waals surface area contributed by atoms with Gasteiger partial charge in [-0.2, -0.15) is 0 Å². The Balaban J connectivity index is 1.81. The Morgan fingerprint density at radius 3 is 1.87 bits per heavy atom. The fourth-order valence-corrected chi connectivity index (χ4v) is 7.59. The van der Waals surface area contributed by atoms with Crippen molar-refractivity contribution in [2.75, 3.05) is 7.05 Å². The van der Waals surface area contributed by atoms with Gasteiger partial charge in [-0.25, -0.2) is 9.80 Å². The number of hydrogen-bond donors (Lipinski definition) is 7. The summed E-state index contributed by atoms with van der Waals surface area (Å²) in [5, 5.41) is 29.2. The predicted molar refractivity (Wildman–Crippen MR) is 254 cm³/mol. The minimum Gasteiger partial charge on any atom is -0.508 e. The summed E-state index contributed by atoms with van der Waals surface area (Å²) in [6.45, 7) is 13.5. The number of H-pyrrole nitrogens is 1. The second kappa shape index (κ2) is 23.4. The van der Waals surface area contributed by atoms with E-state index in [0.29, 0.717) is 16.7 Å². The molecule has 3 amide bonds. The first-order valence-electron chi connectivity index (χ1n) is 22.6. The summed E-state index contributed by atoms with van der Waals surface area (Å²) in [5.41, 5.74) is 13.6. The predicted octanol–water partition coefficient (Wildman–Crippen LogP) is 4.53. The number of carboxylic acid groups (broad SMARTS) is 1. The highest BCUT2D eigenvalue weighted by Crippen LogP contribution is 2.25. The summed E-state index contributed by atoms with van der Waals surface area (Å²) in [6.07, 6.45) is 1.64. The molecule has 0 aliphatic heterocycles. The number of amides is 3. The first-order valence-corrected chi connectivity index (χ1v) is 22.6. The summed E-state index contributed by atoms with van der Waals surface area (Å²) < 4.78 is 11.3. The number of rotatable bonds is 22. The molecule has 17 nitrogen and oxygen atoms in total. The van der Waals surface area contributed by atoms with Crippen LogP contribution in [0.15, 0.2) is 85.1 Å². The van der Waals surface area contributed by atoms with Crippen molar-refractivity contribution in [3.8, 4) is 5.75 Å². The largest absolute Gasteiger partial charge is 0.508 e. The van der Waals surface area contributed by atoms with E-state index in [9.17, 15) is 34.2 Å². The van der Waals surface area contributed by atoms with Gasteiger partial charge in [-0.15, -0.1) is 0 Å². The monoisotopic (exact) mass is 928 g/mol. The van der Waals surface area contributed by atoms with Crippen molar-refractivity contribution >= 4 is 46.5 Å². The molecule has 4 aromatic rings. The number of carboxylic acids is 1. The van der Waals surface area contributed by atoms with Crippen LogP contribution in [-0.2, 0) is 57.5 Å². The van der Waals surface area contributed by atoms with Gasteiger partial charge in [0, 0.05) is 37.0 Å². The molecule has 0 aliphatic rings. The maximum atomic E-state index is 15.5. The van der Waals surface area contributed by atoms with E-state index in [-0.39, 0.29) is 44.3 Å². The minimum absolute atomic E-state index is 0.0253. The van der Waals surface area contributed by atoms with Crippen LogP contribution >= 0.6 is 0 Å². The average molecular weight is 928 g/mol. The van der Waals surface area contributed by atoms with Gasteiger partial charge in [0.05, 0.1) is 6.04 Å². The molecule has 0 aliphatic carbocycles. The second-order valence-corrected chi connectivity index (χ2v) is 19.3. The molecule has 364 valence electrons. The number of benzene rings is 3. The van der Waals surface area contributed by atoms with E-state index in [0.717, 1.165) is 15.9 Å². The molecule has 0 saturated carbocycles. The summed E-state index contributed by atoms with van der Waals surface area (Å²) in [7, 11) is 1.40. The fourth-order valence-electron chi connectivity index (χ4n) is 7.59. The number of fused-ring (bicyclic) bond motifs is 1. The van der Waals surface area contributed by atoms with Crippen LogP contribution < -0.4 is 22.1 Å². The summed E-state index contributed by atoms with van der Waals surface area (Å²) in [4.78, 5) is 87.8. The van der Waals surface area contributed by atoms with Gasteiger partial charge in [0.2, 0.25) is 11.8 Å². The van der Waals surface area contributed by atoms with Gasteiger partial charge in [-0.1, -0.05) is 74.5 Å². The molecule has 0 fully saturated rings. The van der Waals surface area contributed by atoms with Gasteiger partial charge in [0.25, 0.3) is 5.91 Å². The second-order valence-electron chi connectivity index (χ2n) is 19.3. The van der Waals surface area contributed by atoms with E-state index >= 15 is 4.79 Å². The smallest absolute Gasteiger partial charge is 0.331 e. The standard InChI is InChI=1S/C50H69N7O10/c1-30(2)42(48(65)67-50(6,7)8)57(56(9)41(46(62)63)27-31-16-11-10-12-17-31)45(61)39(21-15-19-36(51)47(64)66-49(3,4)5)54-44(60)40(28-33-29-53-38-20-14-13-18-35(33)38)55-43(59)37(52)26-32-22-24-34(58)25-23-32/h10-14,16-18,20,22-25,29-30,36-37,39-42,53,58H,15,19,21,26-28,51-52H2,1-9H3,(H,54,60)(H,55,59)(H,62,63)/t36?,37-,39-,40+,41-,42-/m0/s1. The number of ether oxygens (including phenoxy) is 2. The molecule has 9 N–H and O–H groups in total. The van der Waals surface area contributed by atoms with Crippen LogP contribution in [0.3, 0.4) is 0 Å². The Labute approximate surface area is 392 Å². The number of aliphatic carboxylic acids is 1. The molecule has 1 unspecified atom stereocenters. The SMILES string of the molecule is CC(C)[C@@H](C(=O)OC(C)(C)C)N(C(=O)[C@H](CCCC(N)C(=O)OC(C)(C)C)NC(=O)[C@@H](Cc1c[nH]c2ccccc12)NC(=O)[C@@H](N)Cc1ccc(O)cc1)N(C)[C@@H](Cc1ccccc1)C(=O)O. The number of carbonyl (C=O) groups is 6. The van der Waals surface area contributed by atoms with E-state index in [1.54, 1.807) is 104 Å². The number of para-hydroxylation sites is 1. The highest BCUT2D eigenvalue weighted by molar-refractivity contribution is 5.95. The molecule has 1 heterocycles. The number of aromatic hydroxyl groups is 1. The first kappa shape index (κ1) is 53.3. The van der Waals surface area contributed by atoms with Crippen LogP contribution in [0.1, 0.15) is 91.3 Å². The number of carbonyl (C=O) groups excluding carboxylic acids is 5. The lowest BCUT2D eigenvalue weighted by Gasteiger charge is -2.43. The average Bonchev–Trinajstić information content (AvgIpc) is 3.65. The molecular formula is C50H69N7O10. The molecule has 17 heteroatoms. The number of aromatic nitrogens is 1. The van der Waals surface area contributed by atoms with Crippen molar-refractivity contribution in [1.29, 1.82) is 0 Å². The molecule has 6 atom stereocenters. The van der Waals surface area contributed by atoms with Gasteiger partial charge in [-0.05, 0) is 108 Å². The number of nitrogens with two attached hydrogens (primary N) is 2. The van der Waals surface area contributed by atoms with E-state index in [4.69, 9.17) is 20.9 Å². The Bertz CT molecular complexity index is 2300. The van der Waals surface area contributed by atoms with Crippen LogP contribution in [-0.4, -0.2) is 115 Å². The van der Waals surface area contributed by atoms with Gasteiger partial charge < -0.3 is 46.8 Å². The van der Waals surface area contributed by atoms with E-state index in [1.807, 2.05) is 24.3 Å². The highest BCUT2D eigenvalue weighted by Gasteiger charge is 2.44. The van der Waals surface area contributed by atoms with Crippen molar-refractivity contribution in [2.45, 2.75) is 141 Å². The Kier molecular flexibility index (Phi) is 18.6. The first-order chi connectivity index (χ1) is 31.3. The third-order valence-electron chi connectivity index (χ3n) is 10.9. The number of nitrogens with one attached hydrogen (secondary N) is 3. The number of phenolic OH excluding ortho intramolecular Hbond substituents is 1. The number of nitrogens with zero attached hydrogens (tertiary/aromatic N) is 2. The zero-order valence-electron chi connectivity index (χ0n) is 40.1. The maximum Gasteiger partial charge on any atom is 0.331 e. The van der Waals surface area contributed by atoms with Gasteiger partial charge in [-0.3, -0.25) is 29.0 Å². The Morgan fingerprint density at radius 1 is 0.701 bits per heavy atom. The van der Waals surface area contributed by atoms with Crippen LogP contribution in [0.4, 0.5) is 0 Å². The fraction of sp³-hybridized carbons (Fsp3) is 0.480. The summed E-state index contributed by atoms with van der Waals surface area (Å²) >= 11 is 0. The molecule has 0 spiro atoms. The van der Waals surface area contributed by atoms with Crippen LogP contribution in [0.25, 0.3) is 10.9 Å². The third-order valence-corrected chi connectivity index (χ3v) is 10.9. The molecule has 4 rings (SSSR count). The number of aromatic amines is 1. The maximum absolute atomic E-state index is 15.5. The summed E-state index contributed by atoms with van der Waals surface area (Å²) in [6, 6.07) is 14.6. The summed E-state index contributed by atoms with van der Waals surface area (Å²) in [5.74, 6) is -5.68. The number of likely N-dealkylation sites (N-methyl/N-ethyl adjacent to an activating group) is 1. The van der Waals surface area contributed by atoms with Crippen molar-refractivity contribution in [2.24, 2.45) is 17.4 Å².